The van der Waals surface area contributed by atoms with Crippen LogP contribution in [0.5, 0.6) is 0 Å². The Labute approximate surface area is 183 Å². The highest BCUT2D eigenvalue weighted by Gasteiger charge is 2.22. The average molecular weight is 425 g/mol. The number of pyridine rings is 1. The van der Waals surface area contributed by atoms with Gasteiger partial charge in [-0.3, -0.25) is 4.98 Å². The number of fused-ring (bicyclic) bond motifs is 1. The normalized spacial score (nSPS) is 14.7. The van der Waals surface area contributed by atoms with Crippen molar-refractivity contribution in [1.82, 2.24) is 25.2 Å². The Morgan fingerprint density at radius 1 is 1.13 bits per heavy atom. The fraction of sp³-hybridized carbons (Fsp3) is 0.500. The molecule has 3 heterocycles. The summed E-state index contributed by atoms with van der Waals surface area (Å²) in [7, 11) is 0. The van der Waals surface area contributed by atoms with E-state index in [1.165, 1.54) is 0 Å². The molecule has 0 aliphatic carbocycles. The van der Waals surface area contributed by atoms with Crippen LogP contribution in [0.1, 0.15) is 36.4 Å². The van der Waals surface area contributed by atoms with E-state index in [1.54, 1.807) is 6.07 Å². The van der Waals surface area contributed by atoms with Crippen molar-refractivity contribution >= 4 is 17.0 Å². The van der Waals surface area contributed by atoms with Gasteiger partial charge in [0.05, 0.1) is 17.8 Å². The third kappa shape index (κ3) is 4.88. The number of halogens is 1. The summed E-state index contributed by atoms with van der Waals surface area (Å²) in [6.07, 6.45) is 0. The molecule has 166 valence electrons. The lowest BCUT2D eigenvalue weighted by Gasteiger charge is -2.29. The maximum Gasteiger partial charge on any atom is 0.207 e. The first-order valence-corrected chi connectivity index (χ1v) is 11.2. The first-order chi connectivity index (χ1) is 14.9. The summed E-state index contributed by atoms with van der Waals surface area (Å²) in [5.41, 5.74) is 5.75. The number of benzene rings is 1. The number of piperazine rings is 1. The third-order valence-corrected chi connectivity index (χ3v) is 5.72. The molecule has 3 aromatic rings. The summed E-state index contributed by atoms with van der Waals surface area (Å²) in [5, 5.41) is 6.93. The average Bonchev–Trinajstić information content (AvgIpc) is 3.09. The van der Waals surface area contributed by atoms with Gasteiger partial charge in [-0.15, -0.1) is 0 Å². The zero-order chi connectivity index (χ0) is 22.0. The first-order valence-electron chi connectivity index (χ1n) is 11.2. The summed E-state index contributed by atoms with van der Waals surface area (Å²) in [6.45, 7) is 14.3. The summed E-state index contributed by atoms with van der Waals surface area (Å²) in [6, 6.07) is 7.48. The Kier molecular flexibility index (Phi) is 6.53. The highest BCUT2D eigenvalue weighted by atomic mass is 19.1. The molecule has 4 rings (SSSR count). The molecule has 2 N–H and O–H groups in total. The summed E-state index contributed by atoms with van der Waals surface area (Å²) < 4.78 is 16.1. The number of anilines is 1. The smallest absolute Gasteiger partial charge is 0.207 e. The second kappa shape index (κ2) is 9.32. The second-order valence-electron chi connectivity index (χ2n) is 8.92. The molecule has 0 amide bonds. The van der Waals surface area contributed by atoms with E-state index in [2.05, 4.69) is 40.0 Å². The van der Waals surface area contributed by atoms with E-state index < -0.39 is 0 Å². The van der Waals surface area contributed by atoms with Gasteiger partial charge in [0.25, 0.3) is 0 Å². The van der Waals surface area contributed by atoms with Crippen molar-refractivity contribution in [2.75, 3.05) is 37.6 Å². The van der Waals surface area contributed by atoms with E-state index in [9.17, 15) is 4.39 Å². The molecule has 1 aliphatic rings. The molecule has 1 aliphatic heterocycles. The van der Waals surface area contributed by atoms with Crippen LogP contribution in [0, 0.1) is 25.6 Å². The number of hydrogen-bond acceptors (Lipinski definition) is 5. The molecule has 0 saturated carbocycles. The van der Waals surface area contributed by atoms with Crippen molar-refractivity contribution in [2.45, 2.75) is 40.8 Å². The van der Waals surface area contributed by atoms with Crippen LogP contribution in [0.3, 0.4) is 0 Å². The predicted molar refractivity (Wildman–Crippen MR) is 124 cm³/mol. The van der Waals surface area contributed by atoms with Crippen LogP contribution in [-0.4, -0.2) is 47.3 Å². The standard InChI is InChI=1S/C24H33FN6/c1-16(2)13-27-14-21-23-22(12-18(4)28-21)31(15-19-5-6-20(25)17(3)11-19)24(29-23)30-9-7-26-8-10-30/h5-6,11-12,16,26-27H,7-10,13-15H2,1-4H3. The van der Waals surface area contributed by atoms with Gasteiger partial charge in [-0.25, -0.2) is 9.37 Å². The molecule has 31 heavy (non-hydrogen) atoms. The molecule has 7 heteroatoms. The number of rotatable bonds is 7. The van der Waals surface area contributed by atoms with Gasteiger partial charge in [0.2, 0.25) is 5.95 Å². The van der Waals surface area contributed by atoms with Gasteiger partial charge in [-0.1, -0.05) is 26.0 Å². The molecular weight excluding hydrogens is 391 g/mol. The number of aryl methyl sites for hydroxylation is 2. The van der Waals surface area contributed by atoms with Crippen molar-refractivity contribution in [2.24, 2.45) is 5.92 Å². The van der Waals surface area contributed by atoms with E-state index in [1.807, 2.05) is 26.0 Å². The van der Waals surface area contributed by atoms with Crippen molar-refractivity contribution < 1.29 is 4.39 Å². The second-order valence-corrected chi connectivity index (χ2v) is 8.92. The molecule has 6 nitrogen and oxygen atoms in total. The van der Waals surface area contributed by atoms with Gasteiger partial charge in [0.1, 0.15) is 11.3 Å². The molecule has 0 bridgehead atoms. The van der Waals surface area contributed by atoms with Crippen LogP contribution in [0.2, 0.25) is 0 Å². The van der Waals surface area contributed by atoms with Gasteiger partial charge >= 0.3 is 0 Å². The van der Waals surface area contributed by atoms with Crippen LogP contribution in [0.4, 0.5) is 10.3 Å². The zero-order valence-electron chi connectivity index (χ0n) is 19.0. The van der Waals surface area contributed by atoms with Crippen LogP contribution < -0.4 is 15.5 Å². The van der Waals surface area contributed by atoms with Gasteiger partial charge in [0, 0.05) is 38.4 Å². The topological polar surface area (TPSA) is 58.0 Å². The van der Waals surface area contributed by atoms with Crippen LogP contribution in [0.25, 0.3) is 11.0 Å². The minimum atomic E-state index is -0.167. The summed E-state index contributed by atoms with van der Waals surface area (Å²) in [5.74, 6) is 1.38. The first kappa shape index (κ1) is 21.7. The largest absolute Gasteiger partial charge is 0.340 e. The lowest BCUT2D eigenvalue weighted by atomic mass is 10.1. The SMILES string of the molecule is Cc1cc2c(nc(N3CCNCC3)n2Cc2ccc(F)c(C)c2)c(CNCC(C)C)n1. The minimum Gasteiger partial charge on any atom is -0.340 e. The third-order valence-electron chi connectivity index (χ3n) is 5.72. The Hall–Kier alpha value is -2.51. The van der Waals surface area contributed by atoms with E-state index in [4.69, 9.17) is 9.97 Å². The van der Waals surface area contributed by atoms with E-state index in [0.717, 1.165) is 66.7 Å². The van der Waals surface area contributed by atoms with E-state index >= 15 is 0 Å². The monoisotopic (exact) mass is 424 g/mol. The molecule has 1 fully saturated rings. The van der Waals surface area contributed by atoms with Crippen LogP contribution in [-0.2, 0) is 13.1 Å². The maximum atomic E-state index is 13.8. The quantitative estimate of drug-likeness (QED) is 0.609. The lowest BCUT2D eigenvalue weighted by molar-refractivity contribution is 0.549. The highest BCUT2D eigenvalue weighted by molar-refractivity contribution is 5.81. The molecule has 0 unspecified atom stereocenters. The van der Waals surface area contributed by atoms with Crippen molar-refractivity contribution in [3.05, 3.63) is 52.6 Å². The molecule has 1 aromatic carbocycles. The van der Waals surface area contributed by atoms with Crippen LogP contribution >= 0.6 is 0 Å². The van der Waals surface area contributed by atoms with Gasteiger partial charge in [-0.2, -0.15) is 0 Å². The van der Waals surface area contributed by atoms with Gasteiger partial charge in [0.15, 0.2) is 0 Å². The van der Waals surface area contributed by atoms with Crippen molar-refractivity contribution in [3.8, 4) is 0 Å². The number of nitrogens with zero attached hydrogens (tertiary/aromatic N) is 4. The zero-order valence-corrected chi connectivity index (χ0v) is 19.0. The number of hydrogen-bond donors (Lipinski definition) is 2. The van der Waals surface area contributed by atoms with Crippen LogP contribution in [0.15, 0.2) is 24.3 Å². The molecule has 0 radical (unpaired) electrons. The fourth-order valence-corrected chi connectivity index (χ4v) is 4.16. The minimum absolute atomic E-state index is 0.167. The maximum absolute atomic E-state index is 13.8. The summed E-state index contributed by atoms with van der Waals surface area (Å²) >= 11 is 0. The Morgan fingerprint density at radius 2 is 1.90 bits per heavy atom. The molecule has 0 atom stereocenters. The molecule has 1 saturated heterocycles. The Bertz CT molecular complexity index is 1050. The van der Waals surface area contributed by atoms with Crippen molar-refractivity contribution in [1.29, 1.82) is 0 Å². The molecule has 0 spiro atoms. The van der Waals surface area contributed by atoms with E-state index in [-0.39, 0.29) is 5.82 Å². The van der Waals surface area contributed by atoms with Gasteiger partial charge in [-0.05, 0) is 49.6 Å². The number of nitrogens with one attached hydrogen (secondary N) is 2. The highest BCUT2D eigenvalue weighted by Crippen LogP contribution is 2.27. The van der Waals surface area contributed by atoms with E-state index in [0.29, 0.717) is 24.6 Å². The molecular formula is C24H33FN6. The van der Waals surface area contributed by atoms with Gasteiger partial charge < -0.3 is 20.1 Å². The number of aromatic nitrogens is 3. The number of imidazole rings is 1. The van der Waals surface area contributed by atoms with Crippen molar-refractivity contribution in [3.63, 3.8) is 0 Å². The fourth-order valence-electron chi connectivity index (χ4n) is 4.16. The Morgan fingerprint density at radius 3 is 2.61 bits per heavy atom. The summed E-state index contributed by atoms with van der Waals surface area (Å²) in [4.78, 5) is 12.2. The lowest BCUT2D eigenvalue weighted by Crippen LogP contribution is -2.44. The predicted octanol–water partition coefficient (Wildman–Crippen LogP) is 3.39. The molecule has 2 aromatic heterocycles. The Balaban J connectivity index is 1.78.